The van der Waals surface area contributed by atoms with Gasteiger partial charge in [-0.1, -0.05) is 27.2 Å². The second-order valence-corrected chi connectivity index (χ2v) is 13.0. The molecule has 10 atom stereocenters. The van der Waals surface area contributed by atoms with Crippen molar-refractivity contribution in [1.29, 1.82) is 0 Å². The van der Waals surface area contributed by atoms with Crippen LogP contribution in [-0.2, 0) is 14.3 Å². The summed E-state index contributed by atoms with van der Waals surface area (Å²) in [7, 11) is 0. The van der Waals surface area contributed by atoms with Gasteiger partial charge in [0.15, 0.2) is 5.78 Å². The van der Waals surface area contributed by atoms with E-state index in [4.69, 9.17) is 9.47 Å². The number of hydrogen-bond acceptors (Lipinski definition) is 3. The standard InChI is InChI=1S/C28H42O3/c1-6-16(7-10-22-26(2,3)31-22)18-8-9-19-23-20(12-14-27(18,19)4)28(5)13-11-17(29)15-21(28)24-25(23)30-24/h15-16,18-20,22-25H,6-14H2,1-5H3/t16-,18-,19+,20+,22?,23?,24?,25?,27-,28?/m1/s1. The van der Waals surface area contributed by atoms with Crippen LogP contribution in [0.1, 0.15) is 92.4 Å². The van der Waals surface area contributed by atoms with Crippen LogP contribution < -0.4 is 0 Å². The number of ketones is 1. The minimum atomic E-state index is 0.126. The number of epoxide rings is 2. The van der Waals surface area contributed by atoms with E-state index in [1.165, 1.54) is 50.5 Å². The Bertz CT molecular complexity index is 813. The van der Waals surface area contributed by atoms with Crippen LogP contribution in [0.4, 0.5) is 0 Å². The topological polar surface area (TPSA) is 42.1 Å². The van der Waals surface area contributed by atoms with Crippen molar-refractivity contribution in [1.82, 2.24) is 0 Å². The highest BCUT2D eigenvalue weighted by Crippen LogP contribution is 2.71. The summed E-state index contributed by atoms with van der Waals surface area (Å²) in [5, 5.41) is 0. The molecule has 0 N–H and O–H groups in total. The lowest BCUT2D eigenvalue weighted by Crippen LogP contribution is -2.53. The molecule has 2 saturated heterocycles. The molecule has 0 aromatic heterocycles. The Morgan fingerprint density at radius 1 is 1.10 bits per heavy atom. The molecule has 0 bridgehead atoms. The van der Waals surface area contributed by atoms with Crippen molar-refractivity contribution in [3.05, 3.63) is 11.6 Å². The molecule has 0 aromatic carbocycles. The molecule has 6 rings (SSSR count). The van der Waals surface area contributed by atoms with Gasteiger partial charge < -0.3 is 9.47 Å². The van der Waals surface area contributed by atoms with E-state index in [1.54, 1.807) is 0 Å². The van der Waals surface area contributed by atoms with Gasteiger partial charge in [0.1, 0.15) is 6.10 Å². The highest BCUT2D eigenvalue weighted by Gasteiger charge is 2.69. The lowest BCUT2D eigenvalue weighted by Gasteiger charge is -2.57. The van der Waals surface area contributed by atoms with Crippen molar-refractivity contribution in [2.75, 3.05) is 0 Å². The molecule has 0 radical (unpaired) electrons. The fourth-order valence-electron chi connectivity index (χ4n) is 9.42. The Morgan fingerprint density at radius 3 is 2.58 bits per heavy atom. The third kappa shape index (κ3) is 2.94. The zero-order valence-electron chi connectivity index (χ0n) is 20.3. The molecule has 4 aliphatic carbocycles. The molecule has 31 heavy (non-hydrogen) atoms. The average Bonchev–Trinajstić information content (AvgIpc) is 3.60. The van der Waals surface area contributed by atoms with Gasteiger partial charge >= 0.3 is 0 Å². The highest BCUT2D eigenvalue weighted by molar-refractivity contribution is 5.92. The van der Waals surface area contributed by atoms with Gasteiger partial charge in [-0.2, -0.15) is 0 Å². The molecule has 2 aliphatic heterocycles. The molecule has 6 aliphatic rings. The third-order valence-electron chi connectivity index (χ3n) is 11.4. The van der Waals surface area contributed by atoms with E-state index in [9.17, 15) is 4.79 Å². The van der Waals surface area contributed by atoms with Crippen molar-refractivity contribution >= 4 is 5.78 Å². The van der Waals surface area contributed by atoms with Gasteiger partial charge in [0, 0.05) is 6.42 Å². The van der Waals surface area contributed by atoms with Gasteiger partial charge in [-0.15, -0.1) is 0 Å². The van der Waals surface area contributed by atoms with E-state index < -0.39 is 0 Å². The highest BCUT2D eigenvalue weighted by atomic mass is 16.6. The molecule has 0 spiro atoms. The molecule has 3 heteroatoms. The fraction of sp³-hybridized carbons (Fsp3) is 0.893. The van der Waals surface area contributed by atoms with Gasteiger partial charge in [0.2, 0.25) is 0 Å². The molecular formula is C28H42O3. The molecule has 0 amide bonds. The SMILES string of the molecule is CC[C@H](CCC1OC1(C)C)[C@H]1CC[C@H]2C3C4OC4C4=CC(=O)CCC4(C)[C@H]3CC[C@]12C. The zero-order valence-corrected chi connectivity index (χ0v) is 20.3. The predicted molar refractivity (Wildman–Crippen MR) is 122 cm³/mol. The van der Waals surface area contributed by atoms with Crippen molar-refractivity contribution in [2.45, 2.75) is 116 Å². The summed E-state index contributed by atoms with van der Waals surface area (Å²) in [5.74, 6) is 4.27. The maximum Gasteiger partial charge on any atom is 0.155 e. The Hall–Kier alpha value is -0.670. The van der Waals surface area contributed by atoms with Gasteiger partial charge in [0.25, 0.3) is 0 Å². The lowest BCUT2D eigenvalue weighted by atomic mass is 9.46. The van der Waals surface area contributed by atoms with Crippen LogP contribution in [-0.4, -0.2) is 29.7 Å². The van der Waals surface area contributed by atoms with Crippen LogP contribution in [0.25, 0.3) is 0 Å². The van der Waals surface area contributed by atoms with Crippen molar-refractivity contribution in [2.24, 2.45) is 40.4 Å². The first-order valence-electron chi connectivity index (χ1n) is 13.3. The van der Waals surface area contributed by atoms with E-state index in [1.807, 2.05) is 6.08 Å². The van der Waals surface area contributed by atoms with Crippen LogP contribution in [0.2, 0.25) is 0 Å². The Morgan fingerprint density at radius 2 is 1.87 bits per heavy atom. The molecular weight excluding hydrogens is 384 g/mol. The maximum atomic E-state index is 12.2. The van der Waals surface area contributed by atoms with Crippen LogP contribution in [0, 0.1) is 40.4 Å². The lowest BCUT2D eigenvalue weighted by molar-refractivity contribution is -0.117. The quantitative estimate of drug-likeness (QED) is 0.498. The molecule has 3 saturated carbocycles. The smallest absolute Gasteiger partial charge is 0.155 e. The molecule has 5 unspecified atom stereocenters. The van der Waals surface area contributed by atoms with Crippen LogP contribution in [0.3, 0.4) is 0 Å². The monoisotopic (exact) mass is 426 g/mol. The van der Waals surface area contributed by atoms with Gasteiger partial charge in [-0.25, -0.2) is 0 Å². The fourth-order valence-corrected chi connectivity index (χ4v) is 9.42. The van der Waals surface area contributed by atoms with Gasteiger partial charge in [0.05, 0.1) is 17.8 Å². The van der Waals surface area contributed by atoms with E-state index in [0.717, 1.165) is 30.6 Å². The molecule has 0 aromatic rings. The van der Waals surface area contributed by atoms with Crippen LogP contribution in [0.5, 0.6) is 0 Å². The Balaban J connectivity index is 1.23. The normalized spacial score (nSPS) is 52.4. The van der Waals surface area contributed by atoms with Crippen molar-refractivity contribution in [3.63, 3.8) is 0 Å². The van der Waals surface area contributed by atoms with E-state index in [0.29, 0.717) is 35.2 Å². The van der Waals surface area contributed by atoms with Crippen molar-refractivity contribution in [3.8, 4) is 0 Å². The predicted octanol–water partition coefficient (Wildman–Crippen LogP) is 6.11. The molecule has 3 nitrogen and oxygen atoms in total. The summed E-state index contributed by atoms with van der Waals surface area (Å²) in [6.45, 7) is 12.0. The minimum absolute atomic E-state index is 0.126. The van der Waals surface area contributed by atoms with Crippen molar-refractivity contribution < 1.29 is 14.3 Å². The van der Waals surface area contributed by atoms with Gasteiger partial charge in [-0.3, -0.25) is 4.79 Å². The number of carbonyl (C=O) groups excluding carboxylic acids is 1. The first kappa shape index (κ1) is 20.9. The maximum absolute atomic E-state index is 12.2. The van der Waals surface area contributed by atoms with E-state index in [2.05, 4.69) is 34.6 Å². The summed E-state index contributed by atoms with van der Waals surface area (Å²) < 4.78 is 12.3. The largest absolute Gasteiger partial charge is 0.367 e. The summed E-state index contributed by atoms with van der Waals surface area (Å²) in [4.78, 5) is 12.2. The first-order chi connectivity index (χ1) is 14.7. The second-order valence-electron chi connectivity index (χ2n) is 13.0. The number of hydrogen-bond donors (Lipinski definition) is 0. The Kier molecular flexibility index (Phi) is 4.51. The van der Waals surface area contributed by atoms with E-state index >= 15 is 0 Å². The van der Waals surface area contributed by atoms with Crippen LogP contribution in [0.15, 0.2) is 11.6 Å². The third-order valence-corrected chi connectivity index (χ3v) is 11.4. The number of rotatable bonds is 5. The zero-order chi connectivity index (χ0) is 21.8. The molecule has 2 heterocycles. The molecule has 172 valence electrons. The number of fused-ring (bicyclic) bond motifs is 8. The summed E-state index contributed by atoms with van der Waals surface area (Å²) >= 11 is 0. The summed E-state index contributed by atoms with van der Waals surface area (Å²) in [6.07, 6.45) is 14.3. The summed E-state index contributed by atoms with van der Waals surface area (Å²) in [6, 6.07) is 0. The average molecular weight is 427 g/mol. The first-order valence-corrected chi connectivity index (χ1v) is 13.3. The minimum Gasteiger partial charge on any atom is -0.367 e. The van der Waals surface area contributed by atoms with Gasteiger partial charge in [-0.05, 0) is 111 Å². The number of carbonyl (C=O) groups is 1. The van der Waals surface area contributed by atoms with Crippen LogP contribution >= 0.6 is 0 Å². The number of ether oxygens (including phenoxy) is 2. The Labute approximate surface area is 188 Å². The second kappa shape index (κ2) is 6.69. The molecule has 5 fully saturated rings. The van der Waals surface area contributed by atoms with E-state index in [-0.39, 0.29) is 17.1 Å². The summed E-state index contributed by atoms with van der Waals surface area (Å²) in [5.41, 5.74) is 2.17.